The van der Waals surface area contributed by atoms with Gasteiger partial charge in [-0.3, -0.25) is 14.5 Å². The Morgan fingerprint density at radius 3 is 2.74 bits per heavy atom. The monoisotopic (exact) mass is 310 g/mol. The van der Waals surface area contributed by atoms with E-state index >= 15 is 0 Å². The molecular weight excluding hydrogens is 292 g/mol. The first-order chi connectivity index (χ1) is 11.1. The Morgan fingerprint density at radius 1 is 1.26 bits per heavy atom. The lowest BCUT2D eigenvalue weighted by Crippen LogP contribution is -2.27. The summed E-state index contributed by atoms with van der Waals surface area (Å²) in [4.78, 5) is 16.1. The molecule has 0 unspecified atom stereocenters. The van der Waals surface area contributed by atoms with Gasteiger partial charge >= 0.3 is 0 Å². The summed E-state index contributed by atoms with van der Waals surface area (Å²) in [5, 5.41) is 7.37. The van der Waals surface area contributed by atoms with Gasteiger partial charge in [-0.05, 0) is 38.1 Å². The molecule has 0 spiro atoms. The van der Waals surface area contributed by atoms with E-state index in [2.05, 4.69) is 15.4 Å². The third-order valence-corrected chi connectivity index (χ3v) is 3.53. The lowest BCUT2D eigenvalue weighted by atomic mass is 10.2. The van der Waals surface area contributed by atoms with Crippen molar-refractivity contribution in [2.75, 3.05) is 6.54 Å². The molecule has 6 nitrogen and oxygen atoms in total. The van der Waals surface area contributed by atoms with Crippen LogP contribution in [0.25, 0.3) is 11.3 Å². The SMILES string of the molecule is Cc1cc(C(=O)NCCn2ccc(-c3ccncc3)n2)c(C)o1. The minimum atomic E-state index is -0.124. The van der Waals surface area contributed by atoms with Crippen molar-refractivity contribution in [3.63, 3.8) is 0 Å². The van der Waals surface area contributed by atoms with Gasteiger partial charge in [0, 0.05) is 30.7 Å². The predicted octanol–water partition coefficient (Wildman–Crippen LogP) is 2.58. The highest BCUT2D eigenvalue weighted by atomic mass is 16.3. The smallest absolute Gasteiger partial charge is 0.254 e. The Kier molecular flexibility index (Phi) is 4.23. The number of hydrogen-bond acceptors (Lipinski definition) is 4. The van der Waals surface area contributed by atoms with Crippen LogP contribution in [-0.4, -0.2) is 27.2 Å². The highest BCUT2D eigenvalue weighted by Gasteiger charge is 2.12. The lowest BCUT2D eigenvalue weighted by Gasteiger charge is -2.04. The molecule has 1 N–H and O–H groups in total. The molecule has 3 heterocycles. The zero-order chi connectivity index (χ0) is 16.2. The summed E-state index contributed by atoms with van der Waals surface area (Å²) in [6.45, 7) is 4.72. The maximum Gasteiger partial charge on any atom is 0.254 e. The van der Waals surface area contributed by atoms with E-state index in [1.54, 1.807) is 25.4 Å². The van der Waals surface area contributed by atoms with Crippen LogP contribution in [0, 0.1) is 13.8 Å². The number of carbonyl (C=O) groups is 1. The molecule has 6 heteroatoms. The summed E-state index contributed by atoms with van der Waals surface area (Å²) in [6.07, 6.45) is 5.38. The highest BCUT2D eigenvalue weighted by Crippen LogP contribution is 2.15. The van der Waals surface area contributed by atoms with E-state index in [1.165, 1.54) is 0 Å². The van der Waals surface area contributed by atoms with Crippen LogP contribution in [0.4, 0.5) is 0 Å². The number of amides is 1. The van der Waals surface area contributed by atoms with Crippen LogP contribution in [0.1, 0.15) is 21.9 Å². The third kappa shape index (κ3) is 3.48. The van der Waals surface area contributed by atoms with Crippen molar-refractivity contribution >= 4 is 5.91 Å². The molecule has 0 saturated heterocycles. The van der Waals surface area contributed by atoms with Gasteiger partial charge in [-0.1, -0.05) is 0 Å². The van der Waals surface area contributed by atoms with Crippen LogP contribution in [0.2, 0.25) is 0 Å². The molecule has 0 aromatic carbocycles. The van der Waals surface area contributed by atoms with Crippen LogP contribution in [0.15, 0.2) is 47.3 Å². The molecule has 0 aliphatic carbocycles. The van der Waals surface area contributed by atoms with E-state index < -0.39 is 0 Å². The van der Waals surface area contributed by atoms with Gasteiger partial charge < -0.3 is 9.73 Å². The molecule has 0 bridgehead atoms. The fourth-order valence-corrected chi connectivity index (χ4v) is 2.40. The van der Waals surface area contributed by atoms with Crippen LogP contribution in [0.5, 0.6) is 0 Å². The van der Waals surface area contributed by atoms with Gasteiger partial charge in [-0.2, -0.15) is 5.10 Å². The third-order valence-electron chi connectivity index (χ3n) is 3.53. The Bertz CT molecular complexity index is 805. The molecule has 3 aromatic heterocycles. The summed E-state index contributed by atoms with van der Waals surface area (Å²) < 4.78 is 7.18. The molecule has 0 aliphatic rings. The number of pyridine rings is 1. The summed E-state index contributed by atoms with van der Waals surface area (Å²) in [6, 6.07) is 7.53. The van der Waals surface area contributed by atoms with Crippen molar-refractivity contribution in [2.24, 2.45) is 0 Å². The first kappa shape index (κ1) is 15.0. The molecule has 1 amide bonds. The quantitative estimate of drug-likeness (QED) is 0.786. The van der Waals surface area contributed by atoms with Crippen LogP contribution in [0.3, 0.4) is 0 Å². The van der Waals surface area contributed by atoms with Gasteiger partial charge in [-0.15, -0.1) is 0 Å². The molecule has 118 valence electrons. The zero-order valence-electron chi connectivity index (χ0n) is 13.1. The summed E-state index contributed by atoms with van der Waals surface area (Å²) >= 11 is 0. The van der Waals surface area contributed by atoms with Crippen molar-refractivity contribution in [2.45, 2.75) is 20.4 Å². The first-order valence-corrected chi connectivity index (χ1v) is 7.42. The summed E-state index contributed by atoms with van der Waals surface area (Å²) in [7, 11) is 0. The fraction of sp³-hybridized carbons (Fsp3) is 0.235. The minimum Gasteiger partial charge on any atom is -0.466 e. The van der Waals surface area contributed by atoms with Crippen LogP contribution >= 0.6 is 0 Å². The largest absolute Gasteiger partial charge is 0.466 e. The van der Waals surface area contributed by atoms with E-state index in [4.69, 9.17) is 4.42 Å². The van der Waals surface area contributed by atoms with Gasteiger partial charge in [0.15, 0.2) is 0 Å². The standard InChI is InChI=1S/C17H18N4O2/c1-12-11-15(13(2)23-12)17(22)19-8-10-21-9-5-16(20-21)14-3-6-18-7-4-14/h3-7,9,11H,8,10H2,1-2H3,(H,19,22). The Hall–Kier alpha value is -2.89. The van der Waals surface area contributed by atoms with Crippen molar-refractivity contribution in [1.82, 2.24) is 20.1 Å². The van der Waals surface area contributed by atoms with E-state index in [9.17, 15) is 4.79 Å². The average Bonchev–Trinajstić information content (AvgIpc) is 3.14. The molecule has 0 aliphatic heterocycles. The van der Waals surface area contributed by atoms with E-state index in [1.807, 2.05) is 36.0 Å². The van der Waals surface area contributed by atoms with Crippen molar-refractivity contribution in [1.29, 1.82) is 0 Å². The lowest BCUT2D eigenvalue weighted by molar-refractivity contribution is 0.0950. The molecule has 0 atom stereocenters. The topological polar surface area (TPSA) is 73.0 Å². The second-order valence-corrected chi connectivity index (χ2v) is 5.28. The number of aryl methyl sites for hydroxylation is 2. The number of rotatable bonds is 5. The normalized spacial score (nSPS) is 10.7. The first-order valence-electron chi connectivity index (χ1n) is 7.42. The molecular formula is C17H18N4O2. The van der Waals surface area contributed by atoms with Gasteiger partial charge in [-0.25, -0.2) is 0 Å². The summed E-state index contributed by atoms with van der Waals surface area (Å²) in [5.41, 5.74) is 2.49. The molecule has 0 saturated carbocycles. The second-order valence-electron chi connectivity index (χ2n) is 5.28. The van der Waals surface area contributed by atoms with Crippen LogP contribution in [-0.2, 0) is 6.54 Å². The van der Waals surface area contributed by atoms with Crippen molar-refractivity contribution in [3.05, 3.63) is 59.9 Å². The number of nitrogens with one attached hydrogen (secondary N) is 1. The number of nitrogens with zero attached hydrogens (tertiary/aromatic N) is 3. The van der Waals surface area contributed by atoms with E-state index in [-0.39, 0.29) is 5.91 Å². The average molecular weight is 310 g/mol. The van der Waals surface area contributed by atoms with Gasteiger partial charge in [0.1, 0.15) is 11.5 Å². The highest BCUT2D eigenvalue weighted by molar-refractivity contribution is 5.95. The molecule has 0 radical (unpaired) electrons. The molecule has 3 aromatic rings. The molecule has 23 heavy (non-hydrogen) atoms. The second kappa shape index (κ2) is 6.48. The Balaban J connectivity index is 1.56. The maximum atomic E-state index is 12.1. The van der Waals surface area contributed by atoms with Gasteiger partial charge in [0.25, 0.3) is 5.91 Å². The van der Waals surface area contributed by atoms with Gasteiger partial charge in [0.2, 0.25) is 0 Å². The number of furan rings is 1. The van der Waals surface area contributed by atoms with E-state index in [0.717, 1.165) is 17.0 Å². The Morgan fingerprint density at radius 2 is 2.04 bits per heavy atom. The van der Waals surface area contributed by atoms with E-state index in [0.29, 0.717) is 24.4 Å². The summed E-state index contributed by atoms with van der Waals surface area (Å²) in [5.74, 6) is 1.25. The number of carbonyl (C=O) groups excluding carboxylic acids is 1. The number of aromatic nitrogens is 3. The molecule has 0 fully saturated rings. The van der Waals surface area contributed by atoms with Crippen molar-refractivity contribution < 1.29 is 9.21 Å². The zero-order valence-corrected chi connectivity index (χ0v) is 13.1. The fourth-order valence-electron chi connectivity index (χ4n) is 2.40. The maximum absolute atomic E-state index is 12.1. The van der Waals surface area contributed by atoms with Crippen molar-refractivity contribution in [3.8, 4) is 11.3 Å². The molecule has 3 rings (SSSR count). The van der Waals surface area contributed by atoms with Gasteiger partial charge in [0.05, 0.1) is 17.8 Å². The minimum absolute atomic E-state index is 0.124. The predicted molar refractivity (Wildman–Crippen MR) is 86.0 cm³/mol. The Labute approximate surface area is 134 Å². The number of hydrogen-bond donors (Lipinski definition) is 1. The van der Waals surface area contributed by atoms with Crippen LogP contribution < -0.4 is 5.32 Å².